The van der Waals surface area contributed by atoms with Crippen LogP contribution >= 0.6 is 0 Å². The molecule has 2 N–H and O–H groups in total. The molecule has 5 nitrogen and oxygen atoms in total. The molecule has 0 atom stereocenters. The Morgan fingerprint density at radius 3 is 2.00 bits per heavy atom. The average molecular weight is 425 g/mol. The molecule has 1 aromatic heterocycles. The van der Waals surface area contributed by atoms with Gasteiger partial charge in [0.15, 0.2) is 9.84 Å². The van der Waals surface area contributed by atoms with Crippen molar-refractivity contribution in [2.75, 3.05) is 19.5 Å². The Hall–Kier alpha value is -2.49. The van der Waals surface area contributed by atoms with Crippen molar-refractivity contribution >= 4 is 21.0 Å². The third-order valence-electron chi connectivity index (χ3n) is 4.71. The van der Waals surface area contributed by atoms with Crippen LogP contribution in [0.25, 0.3) is 11.1 Å². The van der Waals surface area contributed by atoms with Gasteiger partial charge in [0.05, 0.1) is 34.8 Å². The van der Waals surface area contributed by atoms with E-state index in [-0.39, 0.29) is 4.90 Å². The van der Waals surface area contributed by atoms with E-state index in [0.717, 1.165) is 18.4 Å². The highest BCUT2D eigenvalue weighted by Crippen LogP contribution is 2.44. The number of rotatable bonds is 5. The maximum Gasteiger partial charge on any atom is 0.416 e. The Kier molecular flexibility index (Phi) is 5.42. The molecule has 1 aliphatic carbocycles. The molecule has 0 spiro atoms. The van der Waals surface area contributed by atoms with Crippen molar-refractivity contribution in [1.82, 2.24) is 4.98 Å². The van der Waals surface area contributed by atoms with E-state index in [9.17, 15) is 31.8 Å². The predicted molar refractivity (Wildman–Crippen MR) is 101 cm³/mol. The van der Waals surface area contributed by atoms with Gasteiger partial charge in [-0.3, -0.25) is 4.98 Å². The summed E-state index contributed by atoms with van der Waals surface area (Å²) in [5.74, 6) is 0. The van der Waals surface area contributed by atoms with Crippen LogP contribution in [0.3, 0.4) is 0 Å². The highest BCUT2D eigenvalue weighted by Gasteiger charge is 2.34. The monoisotopic (exact) mass is 425 g/mol. The zero-order valence-electron chi connectivity index (χ0n) is 15.3. The van der Waals surface area contributed by atoms with Crippen LogP contribution in [0, 0.1) is 5.41 Å². The fourth-order valence-electron chi connectivity index (χ4n) is 3.05. The summed E-state index contributed by atoms with van der Waals surface area (Å²) in [6.07, 6.45) is 0.937. The molecule has 0 amide bonds. The standard InChI is InChI=1S/C20H18F3NO4S/c1-29(27,28)15-6-7-18(24-10-15)17-9-19(11-25,12-26)8-16(17)13-2-4-14(5-3-13)20(21,22)23/h2-10,25-26H,11-12H2,1H3. The molecule has 29 heavy (non-hydrogen) atoms. The van der Waals surface area contributed by atoms with Gasteiger partial charge in [0.25, 0.3) is 0 Å². The average Bonchev–Trinajstić information content (AvgIpc) is 3.07. The zero-order valence-corrected chi connectivity index (χ0v) is 16.1. The lowest BCUT2D eigenvalue weighted by Crippen LogP contribution is -2.23. The number of nitrogens with zero attached hydrogens (tertiary/aromatic N) is 1. The molecule has 0 unspecified atom stereocenters. The largest absolute Gasteiger partial charge is 0.416 e. The summed E-state index contributed by atoms with van der Waals surface area (Å²) in [7, 11) is -3.44. The minimum Gasteiger partial charge on any atom is -0.395 e. The Labute approximate surface area is 165 Å². The van der Waals surface area contributed by atoms with Gasteiger partial charge in [-0.15, -0.1) is 0 Å². The van der Waals surface area contributed by atoms with Crippen LogP contribution in [0.15, 0.2) is 59.6 Å². The maximum absolute atomic E-state index is 12.9. The van der Waals surface area contributed by atoms with Crippen LogP contribution in [0.4, 0.5) is 13.2 Å². The van der Waals surface area contributed by atoms with Crippen molar-refractivity contribution in [3.63, 3.8) is 0 Å². The quantitative estimate of drug-likeness (QED) is 0.769. The third kappa shape index (κ3) is 4.26. The van der Waals surface area contributed by atoms with Gasteiger partial charge in [-0.2, -0.15) is 13.2 Å². The highest BCUT2D eigenvalue weighted by molar-refractivity contribution is 7.90. The molecule has 2 aromatic rings. The number of hydrogen-bond donors (Lipinski definition) is 2. The van der Waals surface area contributed by atoms with E-state index in [2.05, 4.69) is 4.98 Å². The van der Waals surface area contributed by atoms with Gasteiger partial charge in [0.1, 0.15) is 0 Å². The number of hydrogen-bond acceptors (Lipinski definition) is 5. The zero-order chi connectivity index (χ0) is 21.4. The Bertz CT molecular complexity index is 1070. The lowest BCUT2D eigenvalue weighted by Gasteiger charge is -2.18. The Morgan fingerprint density at radius 1 is 0.966 bits per heavy atom. The van der Waals surface area contributed by atoms with Crippen molar-refractivity contribution in [2.24, 2.45) is 5.41 Å². The molecule has 0 aliphatic heterocycles. The Morgan fingerprint density at radius 2 is 1.55 bits per heavy atom. The van der Waals surface area contributed by atoms with Crippen molar-refractivity contribution in [3.8, 4) is 0 Å². The Balaban J connectivity index is 2.08. The molecule has 9 heteroatoms. The minimum absolute atomic E-state index is 0.0236. The van der Waals surface area contributed by atoms with Gasteiger partial charge < -0.3 is 10.2 Å². The van der Waals surface area contributed by atoms with E-state index in [4.69, 9.17) is 0 Å². The summed E-state index contributed by atoms with van der Waals surface area (Å²) in [5.41, 5.74) is -0.120. The normalized spacial score (nSPS) is 16.5. The second-order valence-corrected chi connectivity index (χ2v) is 8.91. The molecule has 0 saturated carbocycles. The number of aliphatic hydroxyl groups is 2. The molecular weight excluding hydrogens is 407 g/mol. The summed E-state index contributed by atoms with van der Waals surface area (Å²) in [6.45, 7) is -0.836. The van der Waals surface area contributed by atoms with Gasteiger partial charge >= 0.3 is 6.18 Å². The molecule has 0 radical (unpaired) electrons. The second kappa shape index (κ2) is 7.40. The van der Waals surface area contributed by atoms with Crippen molar-refractivity contribution < 1.29 is 31.8 Å². The molecular formula is C20H18F3NO4S. The molecule has 154 valence electrons. The lowest BCUT2D eigenvalue weighted by atomic mass is 9.92. The fourth-order valence-corrected chi connectivity index (χ4v) is 3.61. The van der Waals surface area contributed by atoms with Crippen LogP contribution in [-0.4, -0.2) is 43.1 Å². The van der Waals surface area contributed by atoms with Crippen molar-refractivity contribution in [3.05, 3.63) is 71.6 Å². The van der Waals surface area contributed by atoms with Gasteiger partial charge in [-0.1, -0.05) is 24.3 Å². The van der Waals surface area contributed by atoms with Gasteiger partial charge in [0, 0.05) is 18.0 Å². The molecule has 1 aliphatic rings. The summed E-state index contributed by atoms with van der Waals surface area (Å²) in [4.78, 5) is 4.19. The number of halogens is 3. The van der Waals surface area contributed by atoms with Crippen LogP contribution in [0.2, 0.25) is 0 Å². The number of benzene rings is 1. The van der Waals surface area contributed by atoms with E-state index < -0.39 is 40.2 Å². The highest BCUT2D eigenvalue weighted by atomic mass is 32.2. The van der Waals surface area contributed by atoms with Gasteiger partial charge in [-0.25, -0.2) is 8.42 Å². The van der Waals surface area contributed by atoms with Crippen LogP contribution in [0.1, 0.15) is 16.8 Å². The fraction of sp³-hybridized carbons (Fsp3) is 0.250. The van der Waals surface area contributed by atoms with E-state index in [0.29, 0.717) is 22.4 Å². The first-order valence-electron chi connectivity index (χ1n) is 8.51. The van der Waals surface area contributed by atoms with Crippen LogP contribution < -0.4 is 0 Å². The van der Waals surface area contributed by atoms with Gasteiger partial charge in [0.2, 0.25) is 0 Å². The molecule has 0 fully saturated rings. The van der Waals surface area contributed by atoms with E-state index >= 15 is 0 Å². The van der Waals surface area contributed by atoms with E-state index in [1.807, 2.05) is 0 Å². The number of allylic oxidation sites excluding steroid dienone is 2. The minimum atomic E-state index is -4.47. The third-order valence-corrected chi connectivity index (χ3v) is 5.80. The molecule has 3 rings (SSSR count). The number of aromatic nitrogens is 1. The topological polar surface area (TPSA) is 87.5 Å². The first kappa shape index (κ1) is 21.2. The molecule has 0 saturated heterocycles. The SMILES string of the molecule is CS(=O)(=O)c1ccc(C2=CC(CO)(CO)C=C2c2ccc(C(F)(F)F)cc2)nc1. The summed E-state index contributed by atoms with van der Waals surface area (Å²) in [5, 5.41) is 19.5. The van der Waals surface area contributed by atoms with E-state index in [1.54, 1.807) is 12.2 Å². The molecule has 0 bridgehead atoms. The van der Waals surface area contributed by atoms with Crippen LogP contribution in [0.5, 0.6) is 0 Å². The number of alkyl halides is 3. The summed E-state index contributed by atoms with van der Waals surface area (Å²) in [6, 6.07) is 7.36. The summed E-state index contributed by atoms with van der Waals surface area (Å²) >= 11 is 0. The molecule has 1 aromatic carbocycles. The predicted octanol–water partition coefficient (Wildman–Crippen LogP) is 2.96. The van der Waals surface area contributed by atoms with E-state index in [1.165, 1.54) is 30.5 Å². The summed E-state index contributed by atoms with van der Waals surface area (Å²) < 4.78 is 61.8. The second-order valence-electron chi connectivity index (χ2n) is 6.89. The number of aliphatic hydroxyl groups excluding tert-OH is 2. The van der Waals surface area contributed by atoms with Crippen molar-refractivity contribution in [2.45, 2.75) is 11.1 Å². The first-order chi connectivity index (χ1) is 13.5. The van der Waals surface area contributed by atoms with Crippen molar-refractivity contribution in [1.29, 1.82) is 0 Å². The lowest BCUT2D eigenvalue weighted by molar-refractivity contribution is -0.137. The maximum atomic E-state index is 12.9. The smallest absolute Gasteiger partial charge is 0.395 e. The number of pyridine rings is 1. The number of sulfone groups is 1. The van der Waals surface area contributed by atoms with Crippen LogP contribution in [-0.2, 0) is 16.0 Å². The first-order valence-corrected chi connectivity index (χ1v) is 10.4. The molecule has 1 heterocycles. The van der Waals surface area contributed by atoms with Gasteiger partial charge in [-0.05, 0) is 35.4 Å².